The minimum atomic E-state index is -0.292. The SMILES string of the molecule is CCc1ccc(C(CNC(=O)C(C)Cc2ccccc2F)N2CCOCC2)cc1. The number of nitrogens with zero attached hydrogens (tertiary/aromatic N) is 1. The molecular weight excluding hydrogens is 367 g/mol. The fourth-order valence-corrected chi connectivity index (χ4v) is 3.78. The maximum atomic E-state index is 13.9. The summed E-state index contributed by atoms with van der Waals surface area (Å²) in [6.07, 6.45) is 1.40. The Hall–Kier alpha value is -2.24. The molecule has 0 radical (unpaired) electrons. The zero-order valence-electron chi connectivity index (χ0n) is 17.4. The number of hydrogen-bond donors (Lipinski definition) is 1. The Bertz CT molecular complexity index is 788. The lowest BCUT2D eigenvalue weighted by atomic mass is 9.99. The molecule has 29 heavy (non-hydrogen) atoms. The third kappa shape index (κ3) is 5.87. The van der Waals surface area contributed by atoms with Crippen LogP contribution in [0.4, 0.5) is 4.39 Å². The zero-order chi connectivity index (χ0) is 20.6. The Balaban J connectivity index is 1.65. The van der Waals surface area contributed by atoms with Crippen molar-refractivity contribution in [3.05, 3.63) is 71.0 Å². The Morgan fingerprint density at radius 2 is 1.83 bits per heavy atom. The van der Waals surface area contributed by atoms with Crippen LogP contribution in [0.1, 0.15) is 36.6 Å². The molecule has 2 atom stereocenters. The topological polar surface area (TPSA) is 41.6 Å². The minimum Gasteiger partial charge on any atom is -0.379 e. The van der Waals surface area contributed by atoms with Gasteiger partial charge >= 0.3 is 0 Å². The van der Waals surface area contributed by atoms with Gasteiger partial charge in [0.1, 0.15) is 5.82 Å². The van der Waals surface area contributed by atoms with Crippen molar-refractivity contribution >= 4 is 5.91 Å². The average Bonchev–Trinajstić information content (AvgIpc) is 2.76. The molecular formula is C24H31FN2O2. The van der Waals surface area contributed by atoms with E-state index >= 15 is 0 Å². The summed E-state index contributed by atoms with van der Waals surface area (Å²) in [5.74, 6) is -0.592. The summed E-state index contributed by atoms with van der Waals surface area (Å²) in [7, 11) is 0. The first-order valence-corrected chi connectivity index (χ1v) is 10.5. The number of halogens is 1. The molecule has 1 heterocycles. The number of hydrogen-bond acceptors (Lipinski definition) is 3. The largest absolute Gasteiger partial charge is 0.379 e. The van der Waals surface area contributed by atoms with E-state index in [1.54, 1.807) is 18.2 Å². The van der Waals surface area contributed by atoms with Crippen molar-refractivity contribution in [2.45, 2.75) is 32.7 Å². The monoisotopic (exact) mass is 398 g/mol. The van der Waals surface area contributed by atoms with Crippen LogP contribution in [0.5, 0.6) is 0 Å². The average molecular weight is 399 g/mol. The number of rotatable bonds is 8. The number of aryl methyl sites for hydroxylation is 1. The molecule has 1 fully saturated rings. The molecule has 156 valence electrons. The van der Waals surface area contributed by atoms with Crippen LogP contribution in [-0.4, -0.2) is 43.7 Å². The third-order valence-corrected chi connectivity index (χ3v) is 5.66. The Kier molecular flexibility index (Phi) is 7.78. The van der Waals surface area contributed by atoms with Gasteiger partial charge in [-0.05, 0) is 35.6 Å². The van der Waals surface area contributed by atoms with Crippen LogP contribution in [-0.2, 0) is 22.4 Å². The molecule has 1 amide bonds. The minimum absolute atomic E-state index is 0.0447. The number of carbonyl (C=O) groups excluding carboxylic acids is 1. The number of benzene rings is 2. The van der Waals surface area contributed by atoms with Crippen LogP contribution in [0.15, 0.2) is 48.5 Å². The summed E-state index contributed by atoms with van der Waals surface area (Å²) in [6, 6.07) is 15.4. The molecule has 1 aliphatic heterocycles. The molecule has 0 saturated carbocycles. The summed E-state index contributed by atoms with van der Waals surface area (Å²) in [5.41, 5.74) is 3.08. The smallest absolute Gasteiger partial charge is 0.223 e. The molecule has 0 bridgehead atoms. The fraction of sp³-hybridized carbons (Fsp3) is 0.458. The molecule has 1 saturated heterocycles. The van der Waals surface area contributed by atoms with Gasteiger partial charge in [0.25, 0.3) is 0 Å². The molecule has 2 unspecified atom stereocenters. The van der Waals surface area contributed by atoms with E-state index < -0.39 is 0 Å². The standard InChI is InChI=1S/C24H31FN2O2/c1-3-19-8-10-20(11-9-19)23(27-12-14-29-15-13-27)17-26-24(28)18(2)16-21-6-4-5-7-22(21)25/h4-11,18,23H,3,12-17H2,1-2H3,(H,26,28). The maximum Gasteiger partial charge on any atom is 0.223 e. The highest BCUT2D eigenvalue weighted by atomic mass is 19.1. The van der Waals surface area contributed by atoms with E-state index in [-0.39, 0.29) is 23.7 Å². The van der Waals surface area contributed by atoms with Crippen LogP contribution in [0.3, 0.4) is 0 Å². The van der Waals surface area contributed by atoms with Crippen molar-refractivity contribution in [2.24, 2.45) is 5.92 Å². The lowest BCUT2D eigenvalue weighted by Crippen LogP contribution is -2.44. The van der Waals surface area contributed by atoms with Gasteiger partial charge in [0.05, 0.1) is 19.3 Å². The lowest BCUT2D eigenvalue weighted by molar-refractivity contribution is -0.124. The first-order chi connectivity index (χ1) is 14.1. The number of ether oxygens (including phenoxy) is 1. The highest BCUT2D eigenvalue weighted by Crippen LogP contribution is 2.22. The first-order valence-electron chi connectivity index (χ1n) is 10.5. The van der Waals surface area contributed by atoms with Crippen LogP contribution < -0.4 is 5.32 Å². The van der Waals surface area contributed by atoms with Crippen molar-refractivity contribution in [3.63, 3.8) is 0 Å². The summed E-state index contributed by atoms with van der Waals surface area (Å²) >= 11 is 0. The van der Waals surface area contributed by atoms with E-state index in [9.17, 15) is 9.18 Å². The van der Waals surface area contributed by atoms with E-state index in [4.69, 9.17) is 4.74 Å². The number of morpholine rings is 1. The quantitative estimate of drug-likeness (QED) is 0.736. The number of carbonyl (C=O) groups is 1. The van der Waals surface area contributed by atoms with Gasteiger partial charge in [-0.2, -0.15) is 0 Å². The second-order valence-corrected chi connectivity index (χ2v) is 7.70. The second-order valence-electron chi connectivity index (χ2n) is 7.70. The van der Waals surface area contributed by atoms with Gasteiger partial charge in [-0.1, -0.05) is 56.3 Å². The molecule has 4 nitrogen and oxygen atoms in total. The van der Waals surface area contributed by atoms with Crippen molar-refractivity contribution in [3.8, 4) is 0 Å². The van der Waals surface area contributed by atoms with Crippen LogP contribution in [0.2, 0.25) is 0 Å². The van der Waals surface area contributed by atoms with Gasteiger partial charge in [0.2, 0.25) is 5.91 Å². The van der Waals surface area contributed by atoms with Crippen LogP contribution in [0, 0.1) is 11.7 Å². The molecule has 1 aliphatic rings. The molecule has 0 aromatic heterocycles. The molecule has 2 aromatic rings. The maximum absolute atomic E-state index is 13.9. The Morgan fingerprint density at radius 3 is 2.48 bits per heavy atom. The summed E-state index contributed by atoms with van der Waals surface area (Å²) in [4.78, 5) is 15.1. The normalized spacial score (nSPS) is 16.9. The van der Waals surface area contributed by atoms with E-state index in [2.05, 4.69) is 41.4 Å². The van der Waals surface area contributed by atoms with Crippen LogP contribution >= 0.6 is 0 Å². The van der Waals surface area contributed by atoms with E-state index in [1.807, 2.05) is 6.92 Å². The Morgan fingerprint density at radius 1 is 1.14 bits per heavy atom. The molecule has 0 aliphatic carbocycles. The van der Waals surface area contributed by atoms with E-state index in [1.165, 1.54) is 17.2 Å². The fourth-order valence-electron chi connectivity index (χ4n) is 3.78. The van der Waals surface area contributed by atoms with Crippen molar-refractivity contribution < 1.29 is 13.9 Å². The van der Waals surface area contributed by atoms with Crippen molar-refractivity contribution in [1.82, 2.24) is 10.2 Å². The lowest BCUT2D eigenvalue weighted by Gasteiger charge is -2.35. The van der Waals surface area contributed by atoms with Crippen molar-refractivity contribution in [1.29, 1.82) is 0 Å². The Labute approximate surface area is 173 Å². The predicted molar refractivity (Wildman–Crippen MR) is 113 cm³/mol. The summed E-state index contributed by atoms with van der Waals surface area (Å²) < 4.78 is 19.4. The zero-order valence-corrected chi connectivity index (χ0v) is 17.4. The van der Waals surface area contributed by atoms with Gasteiger partial charge in [0, 0.05) is 25.6 Å². The number of nitrogens with one attached hydrogen (secondary N) is 1. The van der Waals surface area contributed by atoms with Gasteiger partial charge in [-0.15, -0.1) is 0 Å². The number of amides is 1. The van der Waals surface area contributed by atoms with E-state index in [0.717, 1.165) is 19.5 Å². The second kappa shape index (κ2) is 10.5. The van der Waals surface area contributed by atoms with Gasteiger partial charge in [-0.25, -0.2) is 4.39 Å². The van der Waals surface area contributed by atoms with Crippen molar-refractivity contribution in [2.75, 3.05) is 32.8 Å². The molecule has 5 heteroatoms. The highest BCUT2D eigenvalue weighted by molar-refractivity contribution is 5.78. The predicted octanol–water partition coefficient (Wildman–Crippen LogP) is 3.76. The first kappa shape index (κ1) is 21.5. The van der Waals surface area contributed by atoms with Gasteiger partial charge in [0.15, 0.2) is 0 Å². The molecule has 3 rings (SSSR count). The summed E-state index contributed by atoms with van der Waals surface area (Å²) in [6.45, 7) is 7.64. The van der Waals surface area contributed by atoms with Gasteiger partial charge in [-0.3, -0.25) is 9.69 Å². The van der Waals surface area contributed by atoms with E-state index in [0.29, 0.717) is 31.7 Å². The highest BCUT2D eigenvalue weighted by Gasteiger charge is 2.24. The molecule has 0 spiro atoms. The van der Waals surface area contributed by atoms with Gasteiger partial charge < -0.3 is 10.1 Å². The molecule has 2 aromatic carbocycles. The molecule has 1 N–H and O–H groups in total. The van der Waals surface area contributed by atoms with Crippen LogP contribution in [0.25, 0.3) is 0 Å². The third-order valence-electron chi connectivity index (χ3n) is 5.66. The summed E-state index contributed by atoms with van der Waals surface area (Å²) in [5, 5.41) is 3.10.